The van der Waals surface area contributed by atoms with Gasteiger partial charge in [-0.2, -0.15) is 0 Å². The maximum absolute atomic E-state index is 13.5. The van der Waals surface area contributed by atoms with E-state index in [1.807, 2.05) is 19.9 Å². The molecule has 0 aliphatic carbocycles. The largest absolute Gasteiger partial charge is 0.381 e. The number of aliphatic imine (C=N–C) groups is 1. The van der Waals surface area contributed by atoms with Gasteiger partial charge in [-0.3, -0.25) is 9.59 Å². The van der Waals surface area contributed by atoms with Crippen molar-refractivity contribution in [3.63, 3.8) is 0 Å². The Morgan fingerprint density at radius 3 is 2.67 bits per heavy atom. The summed E-state index contributed by atoms with van der Waals surface area (Å²) in [5.41, 5.74) is 3.54. The lowest BCUT2D eigenvalue weighted by atomic mass is 9.95. The van der Waals surface area contributed by atoms with E-state index < -0.39 is 0 Å². The summed E-state index contributed by atoms with van der Waals surface area (Å²) in [5.74, 6) is -0.289. The predicted molar refractivity (Wildman–Crippen MR) is 134 cm³/mol. The molecule has 0 radical (unpaired) electrons. The first kappa shape index (κ1) is 24.1. The predicted octanol–water partition coefficient (Wildman–Crippen LogP) is 3.43. The number of amides is 2. The van der Waals surface area contributed by atoms with Gasteiger partial charge in [0.1, 0.15) is 0 Å². The second-order valence-corrected chi connectivity index (χ2v) is 10.4. The van der Waals surface area contributed by atoms with Crippen molar-refractivity contribution in [2.24, 2.45) is 10.9 Å². The van der Waals surface area contributed by atoms with Crippen molar-refractivity contribution < 1.29 is 14.3 Å². The average molecular weight is 473 g/mol. The Balaban J connectivity index is 1.60. The summed E-state index contributed by atoms with van der Waals surface area (Å²) >= 11 is 1.78. The quantitative estimate of drug-likeness (QED) is 0.635. The number of thiophene rings is 1. The summed E-state index contributed by atoms with van der Waals surface area (Å²) in [5, 5.41) is 7.74. The van der Waals surface area contributed by atoms with E-state index in [1.165, 1.54) is 9.88 Å². The Hall–Kier alpha value is -2.03. The molecule has 7 nitrogen and oxygen atoms in total. The second kappa shape index (κ2) is 10.5. The normalized spacial score (nSPS) is 23.9. The molecule has 3 aliphatic rings. The minimum atomic E-state index is -0.387. The van der Waals surface area contributed by atoms with Crippen LogP contribution < -0.4 is 15.5 Å². The molecule has 0 spiro atoms. The molecule has 1 aromatic heterocycles. The van der Waals surface area contributed by atoms with Crippen LogP contribution in [0.1, 0.15) is 66.8 Å². The lowest BCUT2D eigenvalue weighted by Gasteiger charge is -2.35. The number of carbonyl (C=O) groups excluding carboxylic acids is 2. The van der Waals surface area contributed by atoms with Gasteiger partial charge in [-0.25, -0.2) is 4.99 Å². The molecule has 4 heterocycles. The fourth-order valence-electron chi connectivity index (χ4n) is 5.25. The van der Waals surface area contributed by atoms with Crippen LogP contribution in [0.2, 0.25) is 0 Å². The van der Waals surface area contributed by atoms with Gasteiger partial charge >= 0.3 is 0 Å². The van der Waals surface area contributed by atoms with Crippen molar-refractivity contribution in [2.45, 2.75) is 58.9 Å². The van der Waals surface area contributed by atoms with Crippen molar-refractivity contribution in [1.29, 1.82) is 0 Å². The zero-order chi connectivity index (χ0) is 23.5. The molecule has 4 rings (SSSR count). The molecule has 2 unspecified atom stereocenters. The van der Waals surface area contributed by atoms with Crippen LogP contribution in [0, 0.1) is 12.8 Å². The number of nitrogens with one attached hydrogen (secondary N) is 2. The summed E-state index contributed by atoms with van der Waals surface area (Å²) in [6, 6.07) is 0.445. The molecule has 2 fully saturated rings. The summed E-state index contributed by atoms with van der Waals surface area (Å²) in [4.78, 5) is 33.7. The van der Waals surface area contributed by atoms with Gasteiger partial charge in [-0.05, 0) is 65.1 Å². The molecule has 0 bridgehead atoms. The van der Waals surface area contributed by atoms with Gasteiger partial charge in [-0.1, -0.05) is 5.57 Å². The molecule has 2 saturated heterocycles. The van der Waals surface area contributed by atoms with Crippen molar-refractivity contribution in [2.75, 3.05) is 44.3 Å². The third-order valence-electron chi connectivity index (χ3n) is 7.08. The number of anilines is 1. The molecule has 2 N–H and O–H groups in total. The fraction of sp³-hybridized carbons (Fsp3) is 0.640. The van der Waals surface area contributed by atoms with E-state index in [0.29, 0.717) is 12.0 Å². The Bertz CT molecular complexity index is 955. The second-order valence-electron chi connectivity index (χ2n) is 9.33. The lowest BCUT2D eigenvalue weighted by Crippen LogP contribution is -2.39. The summed E-state index contributed by atoms with van der Waals surface area (Å²) in [6.07, 6.45) is 5.00. The van der Waals surface area contributed by atoms with E-state index in [2.05, 4.69) is 34.4 Å². The maximum atomic E-state index is 13.5. The first-order chi connectivity index (χ1) is 15.9. The van der Waals surface area contributed by atoms with Crippen molar-refractivity contribution >= 4 is 33.9 Å². The first-order valence-corrected chi connectivity index (χ1v) is 13.0. The number of hydrogen-bond donors (Lipinski definition) is 2. The third kappa shape index (κ3) is 5.08. The molecule has 2 amide bonds. The summed E-state index contributed by atoms with van der Waals surface area (Å²) in [6.45, 7) is 12.7. The zero-order valence-electron chi connectivity index (χ0n) is 20.2. The minimum Gasteiger partial charge on any atom is -0.381 e. The molecule has 3 aliphatic heterocycles. The van der Waals surface area contributed by atoms with Gasteiger partial charge in [0.15, 0.2) is 0 Å². The van der Waals surface area contributed by atoms with Crippen LogP contribution in [-0.4, -0.2) is 63.0 Å². The molecule has 2 atom stereocenters. The molecule has 0 saturated carbocycles. The first-order valence-electron chi connectivity index (χ1n) is 12.1. The SMILES string of the molecule is CCN(c1sc(C2CCNC2)c(C(=O)NCC2C(=O)N=C(C)C=C2C)c1C)C1CCOCC1. The Kier molecular flexibility index (Phi) is 7.66. The van der Waals surface area contributed by atoms with Crippen molar-refractivity contribution in [3.8, 4) is 0 Å². The molecule has 1 aromatic rings. The number of allylic oxidation sites excluding steroid dienone is 1. The summed E-state index contributed by atoms with van der Waals surface area (Å²) in [7, 11) is 0. The van der Waals surface area contributed by atoms with E-state index in [9.17, 15) is 9.59 Å². The van der Waals surface area contributed by atoms with Crippen LogP contribution in [0.5, 0.6) is 0 Å². The molecule has 180 valence electrons. The smallest absolute Gasteiger partial charge is 0.254 e. The summed E-state index contributed by atoms with van der Waals surface area (Å²) < 4.78 is 5.59. The fourth-order valence-corrected chi connectivity index (χ4v) is 6.82. The Morgan fingerprint density at radius 1 is 1.27 bits per heavy atom. The third-order valence-corrected chi connectivity index (χ3v) is 8.57. The number of rotatable bonds is 7. The highest BCUT2D eigenvalue weighted by atomic mass is 32.1. The van der Waals surface area contributed by atoms with E-state index in [4.69, 9.17) is 4.74 Å². The van der Waals surface area contributed by atoms with Crippen LogP contribution in [0.15, 0.2) is 16.6 Å². The molecule has 8 heteroatoms. The van der Waals surface area contributed by atoms with Crippen LogP contribution in [0.3, 0.4) is 0 Å². The number of ether oxygens (including phenoxy) is 1. The van der Waals surface area contributed by atoms with Gasteiger partial charge in [0.25, 0.3) is 11.8 Å². The monoisotopic (exact) mass is 472 g/mol. The number of carbonyl (C=O) groups is 2. The minimum absolute atomic E-state index is 0.0770. The highest BCUT2D eigenvalue weighted by Gasteiger charge is 2.33. The van der Waals surface area contributed by atoms with Crippen LogP contribution in [0.4, 0.5) is 5.00 Å². The Morgan fingerprint density at radius 2 is 2.03 bits per heavy atom. The van der Waals surface area contributed by atoms with Crippen molar-refractivity contribution in [3.05, 3.63) is 27.7 Å². The Labute approximate surface area is 200 Å². The van der Waals surface area contributed by atoms with Gasteiger partial charge in [0.2, 0.25) is 0 Å². The van der Waals surface area contributed by atoms with Crippen LogP contribution in [0.25, 0.3) is 0 Å². The number of hydrogen-bond acceptors (Lipinski definition) is 6. The highest BCUT2D eigenvalue weighted by molar-refractivity contribution is 7.16. The highest BCUT2D eigenvalue weighted by Crippen LogP contribution is 2.42. The zero-order valence-corrected chi connectivity index (χ0v) is 21.0. The van der Waals surface area contributed by atoms with E-state index in [1.54, 1.807) is 11.3 Å². The van der Waals surface area contributed by atoms with E-state index >= 15 is 0 Å². The van der Waals surface area contributed by atoms with Gasteiger partial charge in [-0.15, -0.1) is 11.3 Å². The number of nitrogens with zero attached hydrogens (tertiary/aromatic N) is 2. The molecule has 33 heavy (non-hydrogen) atoms. The topological polar surface area (TPSA) is 83.0 Å². The molecular formula is C25H36N4O3S. The number of dihydropyridines is 1. The van der Waals surface area contributed by atoms with Gasteiger partial charge < -0.3 is 20.3 Å². The van der Waals surface area contributed by atoms with Gasteiger partial charge in [0, 0.05) is 55.4 Å². The van der Waals surface area contributed by atoms with Crippen molar-refractivity contribution in [1.82, 2.24) is 10.6 Å². The van der Waals surface area contributed by atoms with E-state index in [-0.39, 0.29) is 24.3 Å². The van der Waals surface area contributed by atoms with Crippen LogP contribution in [-0.2, 0) is 9.53 Å². The average Bonchev–Trinajstić information content (AvgIpc) is 3.43. The van der Waals surface area contributed by atoms with Gasteiger partial charge in [0.05, 0.1) is 16.5 Å². The lowest BCUT2D eigenvalue weighted by molar-refractivity contribution is -0.120. The molecular weight excluding hydrogens is 436 g/mol. The van der Waals surface area contributed by atoms with Crippen LogP contribution >= 0.6 is 11.3 Å². The van der Waals surface area contributed by atoms with E-state index in [0.717, 1.165) is 74.5 Å². The standard InChI is InChI=1S/C25H36N4O3S/c1-5-29(19-7-10-32-11-8-19)25-17(4)21(22(33-25)18-6-9-26-13-18)24(31)27-14-20-15(2)12-16(3)28-23(20)30/h12,18-20,26H,5-11,13-14H2,1-4H3,(H,27,31). The maximum Gasteiger partial charge on any atom is 0.254 e. The molecule has 0 aromatic carbocycles.